The molecule has 1 aromatic rings. The highest BCUT2D eigenvalue weighted by Crippen LogP contribution is 2.19. The van der Waals surface area contributed by atoms with Crippen molar-refractivity contribution in [1.82, 2.24) is 0 Å². The highest BCUT2D eigenvalue weighted by molar-refractivity contribution is 9.10. The monoisotopic (exact) mass is 288 g/mol. The molecule has 0 saturated carbocycles. The smallest absolute Gasteiger partial charge is 0.226 e. The zero-order valence-corrected chi connectivity index (χ0v) is 10.6. The first-order valence-corrected chi connectivity index (χ1v) is 5.82. The van der Waals surface area contributed by atoms with Gasteiger partial charge in [-0.05, 0) is 24.6 Å². The summed E-state index contributed by atoms with van der Waals surface area (Å²) in [6, 6.07) is 4.29. The van der Waals surface area contributed by atoms with E-state index in [1.807, 2.05) is 6.92 Å². The standard InChI is InChI=1S/C11H14BrFN2O/c1-2-8(14)6-11(16)15-10-4-3-7(12)5-9(10)13/h3-5,8H,2,6,14H2,1H3,(H,15,16). The van der Waals surface area contributed by atoms with Crippen LogP contribution in [-0.2, 0) is 4.79 Å². The van der Waals surface area contributed by atoms with Crippen molar-refractivity contribution in [2.24, 2.45) is 5.73 Å². The molecule has 1 amide bonds. The zero-order valence-electron chi connectivity index (χ0n) is 8.97. The summed E-state index contributed by atoms with van der Waals surface area (Å²) in [5.41, 5.74) is 5.80. The van der Waals surface area contributed by atoms with E-state index in [0.717, 1.165) is 6.42 Å². The number of hydrogen-bond acceptors (Lipinski definition) is 2. The number of nitrogens with two attached hydrogens (primary N) is 1. The highest BCUT2D eigenvalue weighted by atomic mass is 79.9. The predicted octanol–water partition coefficient (Wildman–Crippen LogP) is 2.65. The Morgan fingerprint density at radius 2 is 2.31 bits per heavy atom. The summed E-state index contributed by atoms with van der Waals surface area (Å²) in [6.07, 6.45) is 0.919. The molecule has 1 rings (SSSR count). The van der Waals surface area contributed by atoms with Gasteiger partial charge in [-0.15, -0.1) is 0 Å². The molecule has 0 aliphatic rings. The SMILES string of the molecule is CCC(N)CC(=O)Nc1ccc(Br)cc1F. The summed E-state index contributed by atoms with van der Waals surface area (Å²) in [5, 5.41) is 2.49. The van der Waals surface area contributed by atoms with Gasteiger partial charge in [0, 0.05) is 16.9 Å². The summed E-state index contributed by atoms with van der Waals surface area (Å²) in [6.45, 7) is 1.90. The normalized spacial score (nSPS) is 12.2. The third-order valence-electron chi connectivity index (χ3n) is 2.18. The molecule has 1 aromatic carbocycles. The van der Waals surface area contributed by atoms with E-state index in [1.54, 1.807) is 6.07 Å². The van der Waals surface area contributed by atoms with Gasteiger partial charge < -0.3 is 11.1 Å². The minimum Gasteiger partial charge on any atom is -0.327 e. The molecule has 1 unspecified atom stereocenters. The fourth-order valence-corrected chi connectivity index (χ4v) is 1.51. The molecule has 0 fully saturated rings. The number of carbonyl (C=O) groups excluding carboxylic acids is 1. The van der Waals surface area contributed by atoms with Crippen molar-refractivity contribution < 1.29 is 9.18 Å². The van der Waals surface area contributed by atoms with Crippen LogP contribution in [0.3, 0.4) is 0 Å². The van der Waals surface area contributed by atoms with Gasteiger partial charge in [0.1, 0.15) is 5.82 Å². The maximum atomic E-state index is 13.4. The first-order valence-electron chi connectivity index (χ1n) is 5.03. The predicted molar refractivity (Wildman–Crippen MR) is 65.6 cm³/mol. The molecular formula is C11H14BrFN2O. The lowest BCUT2D eigenvalue weighted by Crippen LogP contribution is -2.26. The van der Waals surface area contributed by atoms with Crippen LogP contribution in [0.15, 0.2) is 22.7 Å². The van der Waals surface area contributed by atoms with E-state index in [4.69, 9.17) is 5.73 Å². The summed E-state index contributed by atoms with van der Waals surface area (Å²) in [4.78, 5) is 11.4. The molecule has 5 heteroatoms. The lowest BCUT2D eigenvalue weighted by Gasteiger charge is -2.10. The Morgan fingerprint density at radius 1 is 1.62 bits per heavy atom. The van der Waals surface area contributed by atoms with E-state index in [2.05, 4.69) is 21.2 Å². The second kappa shape index (κ2) is 5.96. The number of halogens is 2. The molecule has 0 spiro atoms. The van der Waals surface area contributed by atoms with Crippen LogP contribution in [0.1, 0.15) is 19.8 Å². The number of nitrogens with one attached hydrogen (secondary N) is 1. The lowest BCUT2D eigenvalue weighted by atomic mass is 10.1. The van der Waals surface area contributed by atoms with E-state index in [1.165, 1.54) is 12.1 Å². The first-order chi connectivity index (χ1) is 7.52. The van der Waals surface area contributed by atoms with Crippen molar-refractivity contribution in [2.45, 2.75) is 25.8 Å². The van der Waals surface area contributed by atoms with Crippen LogP contribution >= 0.6 is 15.9 Å². The fraction of sp³-hybridized carbons (Fsp3) is 0.364. The molecule has 3 N–H and O–H groups in total. The van der Waals surface area contributed by atoms with E-state index in [0.29, 0.717) is 4.47 Å². The van der Waals surface area contributed by atoms with Crippen molar-refractivity contribution in [3.8, 4) is 0 Å². The summed E-state index contributed by atoms with van der Waals surface area (Å²) in [7, 11) is 0. The quantitative estimate of drug-likeness (QED) is 0.895. The van der Waals surface area contributed by atoms with Crippen LogP contribution in [0, 0.1) is 5.82 Å². The number of amides is 1. The highest BCUT2D eigenvalue weighted by Gasteiger charge is 2.10. The largest absolute Gasteiger partial charge is 0.327 e. The second-order valence-corrected chi connectivity index (χ2v) is 4.46. The molecule has 0 saturated heterocycles. The molecule has 1 atom stereocenters. The Bertz CT molecular complexity index is 384. The fourth-order valence-electron chi connectivity index (χ4n) is 1.17. The third-order valence-corrected chi connectivity index (χ3v) is 2.67. The second-order valence-electron chi connectivity index (χ2n) is 3.54. The van der Waals surface area contributed by atoms with Gasteiger partial charge in [0.05, 0.1) is 5.69 Å². The molecule has 3 nitrogen and oxygen atoms in total. The average molecular weight is 289 g/mol. The first kappa shape index (κ1) is 13.1. The molecule has 0 radical (unpaired) electrons. The summed E-state index contributed by atoms with van der Waals surface area (Å²) in [5.74, 6) is -0.733. The van der Waals surface area contributed by atoms with E-state index in [9.17, 15) is 9.18 Å². The molecule has 0 bridgehead atoms. The van der Waals surface area contributed by atoms with Crippen LogP contribution in [0.25, 0.3) is 0 Å². The topological polar surface area (TPSA) is 55.1 Å². The summed E-state index contributed by atoms with van der Waals surface area (Å²) < 4.78 is 14.0. The molecule has 88 valence electrons. The van der Waals surface area contributed by atoms with Gasteiger partial charge in [0.2, 0.25) is 5.91 Å². The van der Waals surface area contributed by atoms with Crippen molar-refractivity contribution >= 4 is 27.5 Å². The Balaban J connectivity index is 2.63. The van der Waals surface area contributed by atoms with Gasteiger partial charge in [-0.25, -0.2) is 4.39 Å². The van der Waals surface area contributed by atoms with Crippen molar-refractivity contribution in [2.75, 3.05) is 5.32 Å². The maximum absolute atomic E-state index is 13.4. The van der Waals surface area contributed by atoms with Crippen LogP contribution in [0.2, 0.25) is 0 Å². The van der Waals surface area contributed by atoms with Gasteiger partial charge in [-0.3, -0.25) is 4.79 Å². The van der Waals surface area contributed by atoms with Crippen molar-refractivity contribution in [3.63, 3.8) is 0 Å². The van der Waals surface area contributed by atoms with Crippen LogP contribution in [0.5, 0.6) is 0 Å². The number of hydrogen-bond donors (Lipinski definition) is 2. The molecule has 0 heterocycles. The van der Waals surface area contributed by atoms with E-state index in [-0.39, 0.29) is 24.1 Å². The maximum Gasteiger partial charge on any atom is 0.226 e. The van der Waals surface area contributed by atoms with Crippen LogP contribution < -0.4 is 11.1 Å². The van der Waals surface area contributed by atoms with Gasteiger partial charge >= 0.3 is 0 Å². The van der Waals surface area contributed by atoms with E-state index >= 15 is 0 Å². The molecule has 16 heavy (non-hydrogen) atoms. The Kier molecular flexibility index (Phi) is 4.89. The molecule has 0 aliphatic carbocycles. The van der Waals surface area contributed by atoms with Crippen molar-refractivity contribution in [3.05, 3.63) is 28.5 Å². The van der Waals surface area contributed by atoms with Gasteiger partial charge in [-0.1, -0.05) is 22.9 Å². The lowest BCUT2D eigenvalue weighted by molar-refractivity contribution is -0.116. The Morgan fingerprint density at radius 3 is 2.88 bits per heavy atom. The zero-order chi connectivity index (χ0) is 12.1. The van der Waals surface area contributed by atoms with Gasteiger partial charge in [0.25, 0.3) is 0 Å². The Labute approximate surface area is 102 Å². The minimum atomic E-state index is -0.465. The number of rotatable bonds is 4. The third kappa shape index (κ3) is 3.90. The molecule has 0 aromatic heterocycles. The van der Waals surface area contributed by atoms with Crippen LogP contribution in [-0.4, -0.2) is 11.9 Å². The van der Waals surface area contributed by atoms with Gasteiger partial charge in [0.15, 0.2) is 0 Å². The molecule has 0 aliphatic heterocycles. The number of anilines is 1. The van der Waals surface area contributed by atoms with E-state index < -0.39 is 5.82 Å². The van der Waals surface area contributed by atoms with Crippen LogP contribution in [0.4, 0.5) is 10.1 Å². The van der Waals surface area contributed by atoms with Crippen molar-refractivity contribution in [1.29, 1.82) is 0 Å². The molecular weight excluding hydrogens is 275 g/mol. The minimum absolute atomic E-state index is 0.177. The number of carbonyl (C=O) groups is 1. The summed E-state index contributed by atoms with van der Waals surface area (Å²) >= 11 is 3.14. The Hall–Kier alpha value is -0.940. The number of benzene rings is 1. The van der Waals surface area contributed by atoms with Gasteiger partial charge in [-0.2, -0.15) is 0 Å². The average Bonchev–Trinajstić information content (AvgIpc) is 2.22.